The van der Waals surface area contributed by atoms with E-state index in [-0.39, 0.29) is 16.3 Å². The fraction of sp³-hybridized carbons (Fsp3) is 0.0952. The molecule has 0 aliphatic rings. The van der Waals surface area contributed by atoms with Gasteiger partial charge in [0.2, 0.25) is 0 Å². The van der Waals surface area contributed by atoms with Crippen LogP contribution in [0.25, 0.3) is 11.1 Å². The standard InChI is InChI=1S/C21H15Br2NO3/c22-19(16-10-12-18(13-11-16)24(26)27)20(23)21(25)17-8-6-15(7-9-17)14-4-2-1-3-5-14/h1-13,19-20H. The Morgan fingerprint density at radius 2 is 1.37 bits per heavy atom. The van der Waals surface area contributed by atoms with E-state index < -0.39 is 9.75 Å². The summed E-state index contributed by atoms with van der Waals surface area (Å²) in [6.45, 7) is 0. The van der Waals surface area contributed by atoms with E-state index in [1.54, 1.807) is 12.1 Å². The Morgan fingerprint density at radius 3 is 1.93 bits per heavy atom. The second-order valence-corrected chi connectivity index (χ2v) is 7.93. The number of hydrogen-bond acceptors (Lipinski definition) is 3. The first-order chi connectivity index (χ1) is 13.0. The van der Waals surface area contributed by atoms with Gasteiger partial charge in [-0.25, -0.2) is 0 Å². The molecule has 4 nitrogen and oxygen atoms in total. The lowest BCUT2D eigenvalue weighted by Gasteiger charge is -2.16. The van der Waals surface area contributed by atoms with Crippen LogP contribution in [-0.4, -0.2) is 15.5 Å². The van der Waals surface area contributed by atoms with Crippen molar-refractivity contribution in [3.05, 3.63) is 100 Å². The SMILES string of the molecule is O=C(c1ccc(-c2ccccc2)cc1)C(Br)C(Br)c1ccc([N+](=O)[O-])cc1. The highest BCUT2D eigenvalue weighted by Crippen LogP contribution is 2.34. The third kappa shape index (κ3) is 4.51. The fourth-order valence-electron chi connectivity index (χ4n) is 2.70. The van der Waals surface area contributed by atoms with Crippen LogP contribution in [0.1, 0.15) is 20.7 Å². The first-order valence-corrected chi connectivity index (χ1v) is 10.0. The van der Waals surface area contributed by atoms with E-state index in [0.717, 1.165) is 16.7 Å². The van der Waals surface area contributed by atoms with E-state index in [2.05, 4.69) is 31.9 Å². The van der Waals surface area contributed by atoms with Crippen LogP contribution in [0.3, 0.4) is 0 Å². The van der Waals surface area contributed by atoms with E-state index in [1.807, 2.05) is 54.6 Å². The van der Waals surface area contributed by atoms with Crippen LogP contribution in [-0.2, 0) is 0 Å². The Labute approximate surface area is 173 Å². The van der Waals surface area contributed by atoms with Crippen LogP contribution in [0.4, 0.5) is 5.69 Å². The summed E-state index contributed by atoms with van der Waals surface area (Å²) in [6.07, 6.45) is 0. The number of Topliss-reactive ketones (excluding diaryl/α,β-unsaturated/α-hetero) is 1. The van der Waals surface area contributed by atoms with E-state index in [1.165, 1.54) is 12.1 Å². The number of halogens is 2. The number of alkyl halides is 2. The summed E-state index contributed by atoms with van der Waals surface area (Å²) in [7, 11) is 0. The molecule has 6 heteroatoms. The zero-order valence-corrected chi connectivity index (χ0v) is 17.3. The van der Waals surface area contributed by atoms with Crippen molar-refractivity contribution in [3.8, 4) is 11.1 Å². The molecule has 0 saturated heterocycles. The zero-order chi connectivity index (χ0) is 19.4. The fourth-order valence-corrected chi connectivity index (χ4v) is 3.81. The average molecular weight is 489 g/mol. The first-order valence-electron chi connectivity index (χ1n) is 8.19. The van der Waals surface area contributed by atoms with Crippen LogP contribution in [0.5, 0.6) is 0 Å². The van der Waals surface area contributed by atoms with Crippen LogP contribution in [0, 0.1) is 10.1 Å². The Morgan fingerprint density at radius 1 is 0.815 bits per heavy atom. The molecule has 136 valence electrons. The summed E-state index contributed by atoms with van der Waals surface area (Å²) >= 11 is 6.99. The molecule has 27 heavy (non-hydrogen) atoms. The lowest BCUT2D eigenvalue weighted by atomic mass is 9.99. The molecule has 0 bridgehead atoms. The summed E-state index contributed by atoms with van der Waals surface area (Å²) in [5.41, 5.74) is 3.55. The number of non-ortho nitro benzene ring substituents is 1. The molecule has 2 atom stereocenters. The maximum Gasteiger partial charge on any atom is 0.269 e. The van der Waals surface area contributed by atoms with Crippen molar-refractivity contribution in [1.29, 1.82) is 0 Å². The molecule has 0 spiro atoms. The highest BCUT2D eigenvalue weighted by atomic mass is 79.9. The van der Waals surface area contributed by atoms with Gasteiger partial charge in [0.25, 0.3) is 5.69 Å². The number of carbonyl (C=O) groups is 1. The maximum atomic E-state index is 12.8. The number of hydrogen-bond donors (Lipinski definition) is 0. The first kappa shape index (κ1) is 19.5. The largest absolute Gasteiger partial charge is 0.293 e. The van der Waals surface area contributed by atoms with Crippen LogP contribution < -0.4 is 0 Å². The van der Waals surface area contributed by atoms with Gasteiger partial charge in [-0.15, -0.1) is 0 Å². The second-order valence-electron chi connectivity index (χ2n) is 5.96. The van der Waals surface area contributed by atoms with E-state index in [9.17, 15) is 14.9 Å². The predicted molar refractivity (Wildman–Crippen MR) is 114 cm³/mol. The summed E-state index contributed by atoms with van der Waals surface area (Å²) < 4.78 is 0. The molecule has 3 aromatic carbocycles. The molecule has 3 rings (SSSR count). The van der Waals surface area contributed by atoms with Crippen LogP contribution in [0.2, 0.25) is 0 Å². The van der Waals surface area contributed by atoms with Crippen molar-refractivity contribution in [1.82, 2.24) is 0 Å². The molecule has 0 aliphatic carbocycles. The van der Waals surface area contributed by atoms with E-state index in [0.29, 0.717) is 5.56 Å². The molecule has 0 amide bonds. The van der Waals surface area contributed by atoms with Gasteiger partial charge in [-0.1, -0.05) is 98.6 Å². The van der Waals surface area contributed by atoms with Crippen molar-refractivity contribution in [2.75, 3.05) is 0 Å². The summed E-state index contributed by atoms with van der Waals surface area (Å²) in [4.78, 5) is 22.3. The van der Waals surface area contributed by atoms with Gasteiger partial charge in [0.15, 0.2) is 5.78 Å². The molecule has 0 aliphatic heterocycles. The van der Waals surface area contributed by atoms with E-state index in [4.69, 9.17) is 0 Å². The minimum Gasteiger partial charge on any atom is -0.293 e. The number of benzene rings is 3. The molecular formula is C21H15Br2NO3. The summed E-state index contributed by atoms with van der Waals surface area (Å²) in [6, 6.07) is 23.6. The normalized spacial score (nSPS) is 13.0. The van der Waals surface area contributed by atoms with Crippen LogP contribution >= 0.6 is 31.9 Å². The third-order valence-corrected chi connectivity index (χ3v) is 6.92. The van der Waals surface area contributed by atoms with Gasteiger partial charge in [0.05, 0.1) is 14.6 Å². The highest BCUT2D eigenvalue weighted by molar-refractivity contribution is 9.12. The monoisotopic (exact) mass is 487 g/mol. The second kappa shape index (κ2) is 8.59. The van der Waals surface area contributed by atoms with Gasteiger partial charge in [0.1, 0.15) is 0 Å². The Balaban J connectivity index is 1.75. The Bertz CT molecular complexity index is 941. The van der Waals surface area contributed by atoms with Crippen molar-refractivity contribution < 1.29 is 9.72 Å². The number of carbonyl (C=O) groups excluding carboxylic acids is 1. The molecule has 0 aromatic heterocycles. The Hall–Kier alpha value is -2.31. The molecule has 0 N–H and O–H groups in total. The van der Waals surface area contributed by atoms with Crippen molar-refractivity contribution in [3.63, 3.8) is 0 Å². The quantitative estimate of drug-likeness (QED) is 0.176. The summed E-state index contributed by atoms with van der Waals surface area (Å²) in [5.74, 6) is -0.0603. The van der Waals surface area contributed by atoms with Gasteiger partial charge in [-0.05, 0) is 16.7 Å². The molecular weight excluding hydrogens is 474 g/mol. The molecule has 0 fully saturated rings. The maximum absolute atomic E-state index is 12.8. The number of nitrogens with zero attached hydrogens (tertiary/aromatic N) is 1. The third-order valence-electron chi connectivity index (χ3n) is 4.21. The van der Waals surface area contributed by atoms with Gasteiger partial charge < -0.3 is 0 Å². The van der Waals surface area contributed by atoms with Gasteiger partial charge in [-0.2, -0.15) is 0 Å². The zero-order valence-electron chi connectivity index (χ0n) is 14.1. The summed E-state index contributed by atoms with van der Waals surface area (Å²) in [5, 5.41) is 10.8. The molecule has 2 unspecified atom stereocenters. The van der Waals surface area contributed by atoms with Crippen molar-refractivity contribution >= 4 is 43.3 Å². The van der Waals surface area contributed by atoms with Crippen molar-refractivity contribution in [2.24, 2.45) is 0 Å². The molecule has 3 aromatic rings. The minimum absolute atomic E-state index is 0.0207. The van der Waals surface area contributed by atoms with E-state index >= 15 is 0 Å². The smallest absolute Gasteiger partial charge is 0.269 e. The number of rotatable bonds is 6. The molecule has 0 radical (unpaired) electrons. The lowest BCUT2D eigenvalue weighted by Crippen LogP contribution is -2.19. The number of nitro benzene ring substituents is 1. The number of nitro groups is 1. The van der Waals surface area contributed by atoms with Gasteiger partial charge in [-0.3, -0.25) is 14.9 Å². The molecule has 0 heterocycles. The minimum atomic E-state index is -0.499. The van der Waals surface area contributed by atoms with Crippen LogP contribution in [0.15, 0.2) is 78.9 Å². The van der Waals surface area contributed by atoms with Gasteiger partial charge >= 0.3 is 0 Å². The van der Waals surface area contributed by atoms with Crippen molar-refractivity contribution in [2.45, 2.75) is 9.65 Å². The predicted octanol–water partition coefficient (Wildman–Crippen LogP) is 6.34. The highest BCUT2D eigenvalue weighted by Gasteiger charge is 2.26. The lowest BCUT2D eigenvalue weighted by molar-refractivity contribution is -0.384. The van der Waals surface area contributed by atoms with Gasteiger partial charge in [0, 0.05) is 17.7 Å². The topological polar surface area (TPSA) is 60.2 Å². The average Bonchev–Trinajstić information content (AvgIpc) is 2.73. The Kier molecular flexibility index (Phi) is 6.19. The number of ketones is 1. The molecule has 0 saturated carbocycles.